The molecule has 2 aliphatic rings. The molecule has 0 spiro atoms. The fourth-order valence-electron chi connectivity index (χ4n) is 4.79. The van der Waals surface area contributed by atoms with Gasteiger partial charge < -0.3 is 4.90 Å². The first-order valence-electron chi connectivity index (χ1n) is 12.4. The van der Waals surface area contributed by atoms with Crippen LogP contribution < -0.4 is 0 Å². The molecule has 1 fully saturated rings. The molecule has 0 N–H and O–H groups in total. The van der Waals surface area contributed by atoms with Crippen molar-refractivity contribution in [3.8, 4) is 11.1 Å². The van der Waals surface area contributed by atoms with Gasteiger partial charge in [-0.2, -0.15) is 0 Å². The van der Waals surface area contributed by atoms with Crippen LogP contribution in [0.5, 0.6) is 0 Å². The number of ketones is 1. The number of thioether (sulfide) groups is 1. The van der Waals surface area contributed by atoms with E-state index in [1.165, 1.54) is 2.84 Å². The van der Waals surface area contributed by atoms with Crippen molar-refractivity contribution in [2.45, 2.75) is 43.7 Å². The predicted molar refractivity (Wildman–Crippen MR) is 165 cm³/mol. The van der Waals surface area contributed by atoms with Crippen LogP contribution in [0.15, 0.2) is 44.0 Å². The molecule has 0 amide bonds. The van der Waals surface area contributed by atoms with Gasteiger partial charge in [0.15, 0.2) is 5.78 Å². The van der Waals surface area contributed by atoms with Crippen LogP contribution in [-0.2, 0) is 10.8 Å². The quantitative estimate of drug-likeness (QED) is 0.188. The van der Waals surface area contributed by atoms with Gasteiger partial charge in [-0.1, -0.05) is 64.0 Å². The summed E-state index contributed by atoms with van der Waals surface area (Å²) in [4.78, 5) is 21.7. The minimum atomic E-state index is -1.02. The van der Waals surface area contributed by atoms with Crippen molar-refractivity contribution < 1.29 is 9.00 Å². The van der Waals surface area contributed by atoms with E-state index in [2.05, 4.69) is 53.5 Å². The third kappa shape index (κ3) is 5.48. The number of fused-ring (bicyclic) bond motifs is 1. The number of piperidine rings is 1. The molecule has 190 valence electrons. The van der Waals surface area contributed by atoms with Gasteiger partial charge >= 0.3 is 0 Å². The van der Waals surface area contributed by atoms with Crippen LogP contribution in [-0.4, -0.2) is 48.6 Å². The van der Waals surface area contributed by atoms with E-state index in [-0.39, 0.29) is 32.4 Å². The number of likely N-dealkylation sites (tertiary alicyclic amines) is 1. The number of aryl methyl sites for hydroxylation is 1. The topological polar surface area (TPSA) is 50.3 Å². The van der Waals surface area contributed by atoms with Gasteiger partial charge in [-0.25, -0.2) is 4.98 Å². The number of halogens is 1. The molecule has 0 aliphatic carbocycles. The minimum absolute atomic E-state index is 0.0983. The van der Waals surface area contributed by atoms with E-state index in [1.807, 2.05) is 12.1 Å². The number of aromatic nitrogens is 1. The van der Waals surface area contributed by atoms with Gasteiger partial charge in [0.25, 0.3) is 0 Å². The second-order valence-electron chi connectivity index (χ2n) is 9.44. The normalized spacial score (nSPS) is 17.8. The number of carbonyl (C=O) groups is 1. The minimum Gasteiger partial charge on any atom is -0.306 e. The molecule has 1 saturated heterocycles. The maximum Gasteiger partial charge on any atom is 0.166 e. The lowest BCUT2D eigenvalue weighted by molar-refractivity contribution is 0.0857. The molecule has 0 radical (unpaired) electrons. The molecule has 2 aliphatic heterocycles. The smallest absolute Gasteiger partial charge is 0.166 e. The average molecular weight is 651 g/mol. The van der Waals surface area contributed by atoms with Crippen LogP contribution in [0.4, 0.5) is 0 Å². The summed E-state index contributed by atoms with van der Waals surface area (Å²) >= 11 is 3.19. The molecule has 5 rings (SSSR count). The first-order chi connectivity index (χ1) is 17.5. The number of thiophene rings is 1. The van der Waals surface area contributed by atoms with E-state index in [0.29, 0.717) is 5.75 Å². The maximum absolute atomic E-state index is 13.4. The molecule has 1 unspecified atom stereocenters. The van der Waals surface area contributed by atoms with Crippen LogP contribution in [0.25, 0.3) is 21.3 Å². The second kappa shape index (κ2) is 11.7. The number of unbranched alkanes of at least 4 members (excludes halogenated alkanes) is 1. The van der Waals surface area contributed by atoms with Gasteiger partial charge in [0, 0.05) is 22.6 Å². The van der Waals surface area contributed by atoms with Gasteiger partial charge in [-0.05, 0) is 84.6 Å². The number of carbonyl (C=O) groups excluding carboxylic acids is 1. The van der Waals surface area contributed by atoms with Gasteiger partial charge in [0.1, 0.15) is 4.83 Å². The molecule has 2 aromatic heterocycles. The highest BCUT2D eigenvalue weighted by molar-refractivity contribution is 14.2. The van der Waals surface area contributed by atoms with Crippen LogP contribution in [0, 0.1) is 12.8 Å². The molecule has 1 aromatic carbocycles. The fraction of sp³-hybridized carbons (Fsp3) is 0.393. The van der Waals surface area contributed by atoms with Crippen molar-refractivity contribution in [3.05, 3.63) is 56.6 Å². The molecular formula is C28H31IN2O2S3. The van der Waals surface area contributed by atoms with Crippen molar-refractivity contribution >= 4 is 73.5 Å². The highest BCUT2D eigenvalue weighted by Crippen LogP contribution is 2.41. The SMILES string of the molecule is CCCCS(=O)c1sc2nc(C3=IC=CS3)cc(-c3cccc(C(=O)C4CCN(C)CC4)c3)c2c1C. The zero-order valence-corrected chi connectivity index (χ0v) is 25.5. The molecule has 3 aromatic rings. The summed E-state index contributed by atoms with van der Waals surface area (Å²) < 4.78 is 17.7. The number of benzene rings is 1. The molecule has 4 heterocycles. The van der Waals surface area contributed by atoms with Crippen LogP contribution >= 0.6 is 43.8 Å². The third-order valence-electron chi connectivity index (χ3n) is 6.88. The van der Waals surface area contributed by atoms with E-state index >= 15 is 0 Å². The predicted octanol–water partition coefficient (Wildman–Crippen LogP) is 7.37. The number of nitrogens with zero attached hydrogens (tertiary/aromatic N) is 2. The summed E-state index contributed by atoms with van der Waals surface area (Å²) in [5, 5.41) is 3.25. The standard InChI is InChI=1S/C28H31IN2O2S3/c1-4-5-15-36(33)28-18(2)24-22(17-23(30-27(24)35-28)26-29-11-14-34-26)20-7-6-8-21(16-20)25(32)19-9-12-31(3)13-10-19/h6-8,11,14,16-17,19H,4-5,9-10,12-13,15H2,1-3H3. The Hall–Kier alpha value is -1.20. The van der Waals surface area contributed by atoms with Crippen LogP contribution in [0.1, 0.15) is 54.2 Å². The molecule has 8 heteroatoms. The highest BCUT2D eigenvalue weighted by atomic mass is 127. The van der Waals surface area contributed by atoms with E-state index in [9.17, 15) is 9.00 Å². The molecule has 0 saturated carbocycles. The molecule has 4 nitrogen and oxygen atoms in total. The summed E-state index contributed by atoms with van der Waals surface area (Å²) in [5.74, 6) is 1.05. The van der Waals surface area contributed by atoms with Crippen molar-refractivity contribution in [3.63, 3.8) is 0 Å². The van der Waals surface area contributed by atoms with Crippen molar-refractivity contribution in [2.75, 3.05) is 25.9 Å². The second-order valence-corrected chi connectivity index (χ2v) is 16.3. The van der Waals surface area contributed by atoms with E-state index in [0.717, 1.165) is 81.1 Å². The Morgan fingerprint density at radius 1 is 1.25 bits per heavy atom. The van der Waals surface area contributed by atoms with Gasteiger partial charge in [0.2, 0.25) is 0 Å². The van der Waals surface area contributed by atoms with E-state index in [1.54, 1.807) is 23.1 Å². The number of pyridine rings is 1. The van der Waals surface area contributed by atoms with Gasteiger partial charge in [0.05, 0.1) is 23.5 Å². The number of Topliss-reactive ketones (excluding diaryl/α,β-unsaturated/α-hetero) is 1. The number of hydrogen-bond acceptors (Lipinski definition) is 6. The van der Waals surface area contributed by atoms with Crippen LogP contribution in [0.3, 0.4) is 0 Å². The van der Waals surface area contributed by atoms with Gasteiger partial charge in [-0.3, -0.25) is 9.00 Å². The zero-order chi connectivity index (χ0) is 25.2. The Morgan fingerprint density at radius 2 is 2.06 bits per heavy atom. The molecule has 36 heavy (non-hydrogen) atoms. The Morgan fingerprint density at radius 3 is 2.78 bits per heavy atom. The summed E-state index contributed by atoms with van der Waals surface area (Å²) in [6.45, 7) is 6.17. The number of hydrogen-bond donors (Lipinski definition) is 0. The lowest BCUT2D eigenvalue weighted by Crippen LogP contribution is -2.33. The van der Waals surface area contributed by atoms with Crippen molar-refractivity contribution in [1.82, 2.24) is 9.88 Å². The Labute approximate surface area is 234 Å². The zero-order valence-electron chi connectivity index (χ0n) is 20.9. The Balaban J connectivity index is 1.59. The largest absolute Gasteiger partial charge is 0.306 e. The summed E-state index contributed by atoms with van der Waals surface area (Å²) in [7, 11) is 1.11. The first-order valence-corrected chi connectivity index (χ1v) is 17.8. The van der Waals surface area contributed by atoms with Crippen molar-refractivity contribution in [1.29, 1.82) is 0 Å². The fourth-order valence-corrected chi connectivity index (χ4v) is 11.3. The van der Waals surface area contributed by atoms with Gasteiger partial charge in [-0.15, -0.1) is 11.3 Å². The summed E-state index contributed by atoms with van der Waals surface area (Å²) in [5.41, 5.74) is 5.04. The Kier molecular flexibility index (Phi) is 8.57. The molecular weight excluding hydrogens is 619 g/mol. The summed E-state index contributed by atoms with van der Waals surface area (Å²) in [6, 6.07) is 10.4. The monoisotopic (exact) mass is 650 g/mol. The average Bonchev–Trinajstić information content (AvgIpc) is 3.55. The van der Waals surface area contributed by atoms with E-state index in [4.69, 9.17) is 4.98 Å². The van der Waals surface area contributed by atoms with Crippen LogP contribution in [0.2, 0.25) is 0 Å². The lowest BCUT2D eigenvalue weighted by atomic mass is 9.88. The van der Waals surface area contributed by atoms with E-state index < -0.39 is 10.8 Å². The third-order valence-corrected chi connectivity index (χ3v) is 14.4. The number of rotatable bonds is 8. The highest BCUT2D eigenvalue weighted by Gasteiger charge is 2.25. The molecule has 1 atom stereocenters. The first kappa shape index (κ1) is 26.4. The summed E-state index contributed by atoms with van der Waals surface area (Å²) in [6.07, 6.45) is 3.84. The molecule has 0 bridgehead atoms. The lowest BCUT2D eigenvalue weighted by Gasteiger charge is -2.28. The maximum atomic E-state index is 13.4. The Bertz CT molecular complexity index is 1390. The van der Waals surface area contributed by atoms with Crippen molar-refractivity contribution in [2.24, 2.45) is 5.92 Å².